The highest BCUT2D eigenvalue weighted by Gasteiger charge is 2.02. The van der Waals surface area contributed by atoms with Crippen LogP contribution in [0.4, 0.5) is 0 Å². The second-order valence-electron chi connectivity index (χ2n) is 3.77. The molecule has 0 aliphatic heterocycles. The minimum Gasteiger partial charge on any atom is -0.255 e. The molecule has 94 valence electrons. The molecule has 0 heterocycles. The second-order valence-corrected chi connectivity index (χ2v) is 6.16. The molecule has 2 unspecified atom stereocenters. The Kier molecular flexibility index (Phi) is 2.99. The van der Waals surface area contributed by atoms with Crippen LogP contribution in [0.2, 0.25) is 0 Å². The molecule has 0 N–H and O–H groups in total. The van der Waals surface area contributed by atoms with Gasteiger partial charge in [-0.2, -0.15) is 0 Å². The van der Waals surface area contributed by atoms with Crippen LogP contribution in [0.15, 0.2) is 58.3 Å². The van der Waals surface area contributed by atoms with Crippen molar-refractivity contribution in [2.75, 3.05) is 12.4 Å². The standard InChI is InChI=1S/C14H14O2S2/c1-17(15)13-7-3-11(4-8-13)12-5-9-14(10-6-12)18(2)16/h3-10H,1-2H3/i1D3. The van der Waals surface area contributed by atoms with Gasteiger partial charge >= 0.3 is 0 Å². The molecule has 2 aromatic carbocycles. The molecule has 0 bridgehead atoms. The van der Waals surface area contributed by atoms with Crippen LogP contribution in [-0.4, -0.2) is 20.9 Å². The van der Waals surface area contributed by atoms with E-state index in [2.05, 4.69) is 0 Å². The zero-order valence-electron chi connectivity index (χ0n) is 12.8. The third-order valence-electron chi connectivity index (χ3n) is 2.59. The summed E-state index contributed by atoms with van der Waals surface area (Å²) in [7, 11) is -3.03. The van der Waals surface area contributed by atoms with Gasteiger partial charge in [-0.1, -0.05) is 24.3 Å². The molecule has 0 aliphatic carbocycles. The molecular weight excluding hydrogens is 264 g/mol. The minimum atomic E-state index is -2.51. The molecule has 2 aromatic rings. The number of rotatable bonds is 3. The largest absolute Gasteiger partial charge is 0.255 e. The average Bonchev–Trinajstić information content (AvgIpc) is 2.46. The summed E-state index contributed by atoms with van der Waals surface area (Å²) in [6.45, 7) is 0. The molecule has 0 radical (unpaired) electrons. The number of hydrogen-bond donors (Lipinski definition) is 0. The van der Waals surface area contributed by atoms with E-state index < -0.39 is 27.8 Å². The van der Waals surface area contributed by atoms with Gasteiger partial charge in [0.05, 0.1) is 0 Å². The predicted molar refractivity (Wildman–Crippen MR) is 76.5 cm³/mol. The predicted octanol–water partition coefficient (Wildman–Crippen LogP) is 2.83. The van der Waals surface area contributed by atoms with E-state index in [-0.39, 0.29) is 4.90 Å². The highest BCUT2D eigenvalue weighted by Crippen LogP contribution is 2.21. The van der Waals surface area contributed by atoms with Crippen LogP contribution in [0, 0.1) is 0 Å². The highest BCUT2D eigenvalue weighted by molar-refractivity contribution is 7.84. The summed E-state index contributed by atoms with van der Waals surface area (Å²) < 4.78 is 44.6. The Morgan fingerprint density at radius 1 is 0.778 bits per heavy atom. The van der Waals surface area contributed by atoms with Crippen molar-refractivity contribution in [1.82, 2.24) is 0 Å². The number of benzene rings is 2. The lowest BCUT2D eigenvalue weighted by Crippen LogP contribution is -1.88. The minimum absolute atomic E-state index is 0.282. The fourth-order valence-electron chi connectivity index (χ4n) is 1.61. The first-order valence-corrected chi connectivity index (χ1v) is 7.95. The van der Waals surface area contributed by atoms with Crippen molar-refractivity contribution in [1.29, 1.82) is 0 Å². The Labute approximate surface area is 116 Å². The van der Waals surface area contributed by atoms with Crippen LogP contribution in [0.3, 0.4) is 0 Å². The fourth-order valence-corrected chi connectivity index (χ4v) is 2.51. The molecule has 2 rings (SSSR count). The zero-order chi connectivity index (χ0) is 15.6. The van der Waals surface area contributed by atoms with Crippen molar-refractivity contribution in [2.45, 2.75) is 9.79 Å². The van der Waals surface area contributed by atoms with Gasteiger partial charge < -0.3 is 0 Å². The van der Waals surface area contributed by atoms with Crippen molar-refractivity contribution >= 4 is 21.6 Å². The Morgan fingerprint density at radius 2 is 1.17 bits per heavy atom. The molecule has 0 amide bonds. The quantitative estimate of drug-likeness (QED) is 0.867. The molecule has 0 fully saturated rings. The lowest BCUT2D eigenvalue weighted by molar-refractivity contribution is 0.686. The third kappa shape index (κ3) is 2.94. The first-order chi connectivity index (χ1) is 9.79. The number of hydrogen-bond acceptors (Lipinski definition) is 2. The van der Waals surface area contributed by atoms with Gasteiger partial charge in [0.2, 0.25) is 0 Å². The van der Waals surface area contributed by atoms with Gasteiger partial charge in [0.25, 0.3) is 0 Å². The summed E-state index contributed by atoms with van der Waals surface area (Å²) in [5, 5.41) is 0. The van der Waals surface area contributed by atoms with Crippen molar-refractivity contribution in [3.8, 4) is 11.1 Å². The first kappa shape index (κ1) is 9.64. The van der Waals surface area contributed by atoms with Crippen LogP contribution >= 0.6 is 0 Å². The van der Waals surface area contributed by atoms with E-state index in [4.69, 9.17) is 4.11 Å². The van der Waals surface area contributed by atoms with E-state index >= 15 is 0 Å². The van der Waals surface area contributed by atoms with Crippen LogP contribution < -0.4 is 0 Å². The molecule has 0 saturated heterocycles. The Hall–Kier alpha value is -1.26. The van der Waals surface area contributed by atoms with Crippen LogP contribution in [0.5, 0.6) is 0 Å². The summed E-state index contributed by atoms with van der Waals surface area (Å²) >= 11 is 0. The average molecular weight is 281 g/mol. The van der Waals surface area contributed by atoms with Crippen molar-refractivity contribution in [2.24, 2.45) is 0 Å². The molecule has 18 heavy (non-hydrogen) atoms. The molecule has 0 saturated carbocycles. The molecule has 2 atom stereocenters. The fraction of sp³-hybridized carbons (Fsp3) is 0.143. The van der Waals surface area contributed by atoms with Gasteiger partial charge in [0, 0.05) is 47.9 Å². The van der Waals surface area contributed by atoms with Crippen molar-refractivity contribution < 1.29 is 12.5 Å². The van der Waals surface area contributed by atoms with Gasteiger partial charge in [0.15, 0.2) is 0 Å². The lowest BCUT2D eigenvalue weighted by Gasteiger charge is -2.04. The van der Waals surface area contributed by atoms with Crippen LogP contribution in [-0.2, 0) is 21.6 Å². The maximum Gasteiger partial charge on any atom is 0.0498 e. The molecule has 2 nitrogen and oxygen atoms in total. The topological polar surface area (TPSA) is 34.1 Å². The Morgan fingerprint density at radius 3 is 1.50 bits per heavy atom. The normalized spacial score (nSPS) is 17.3. The summed E-state index contributed by atoms with van der Waals surface area (Å²) in [5.74, 6) is 0. The van der Waals surface area contributed by atoms with Gasteiger partial charge in [-0.3, -0.25) is 8.42 Å². The van der Waals surface area contributed by atoms with Gasteiger partial charge in [-0.25, -0.2) is 0 Å². The summed E-state index contributed by atoms with van der Waals surface area (Å²) in [5.41, 5.74) is 1.81. The molecule has 0 spiro atoms. The first-order valence-electron chi connectivity index (χ1n) is 6.75. The van der Waals surface area contributed by atoms with Gasteiger partial charge in [-0.05, 0) is 35.4 Å². The second kappa shape index (κ2) is 5.59. The third-order valence-corrected chi connectivity index (χ3v) is 4.22. The van der Waals surface area contributed by atoms with E-state index in [1.165, 1.54) is 0 Å². The van der Waals surface area contributed by atoms with E-state index in [0.717, 1.165) is 16.0 Å². The zero-order valence-corrected chi connectivity index (χ0v) is 11.4. The van der Waals surface area contributed by atoms with E-state index in [0.29, 0.717) is 0 Å². The van der Waals surface area contributed by atoms with Gasteiger partial charge in [0.1, 0.15) is 0 Å². The van der Waals surface area contributed by atoms with E-state index in [9.17, 15) is 8.42 Å². The smallest absolute Gasteiger partial charge is 0.0498 e. The summed E-state index contributed by atoms with van der Waals surface area (Å²) in [6, 6.07) is 13.9. The highest BCUT2D eigenvalue weighted by atomic mass is 32.2. The summed E-state index contributed by atoms with van der Waals surface area (Å²) in [4.78, 5) is 1.03. The van der Waals surface area contributed by atoms with Crippen LogP contribution in [0.1, 0.15) is 4.11 Å². The van der Waals surface area contributed by atoms with E-state index in [1.54, 1.807) is 42.7 Å². The lowest BCUT2D eigenvalue weighted by atomic mass is 10.1. The molecule has 0 aromatic heterocycles. The maximum absolute atomic E-state index is 11.7. The SMILES string of the molecule is [2H]C([2H])([2H])S(=O)c1ccc(-c2ccc(S(C)=O)cc2)cc1. The Bertz CT molecular complexity index is 677. The Balaban J connectivity index is 2.27. The van der Waals surface area contributed by atoms with E-state index in [1.807, 2.05) is 12.1 Å². The van der Waals surface area contributed by atoms with Crippen molar-refractivity contribution in [3.63, 3.8) is 0 Å². The van der Waals surface area contributed by atoms with Crippen molar-refractivity contribution in [3.05, 3.63) is 48.5 Å². The maximum atomic E-state index is 11.7. The molecule has 4 heteroatoms. The monoisotopic (exact) mass is 281 g/mol. The van der Waals surface area contributed by atoms with Gasteiger partial charge in [-0.15, -0.1) is 0 Å². The molecule has 0 aliphatic rings. The molecular formula is C14H14O2S2. The summed E-state index contributed by atoms with van der Waals surface area (Å²) in [6.07, 6.45) is -0.887. The van der Waals surface area contributed by atoms with Crippen LogP contribution in [0.25, 0.3) is 11.1 Å².